The van der Waals surface area contributed by atoms with Gasteiger partial charge in [0.15, 0.2) is 0 Å². The van der Waals surface area contributed by atoms with Gasteiger partial charge >= 0.3 is 0 Å². The quantitative estimate of drug-likeness (QED) is 0.558. The highest BCUT2D eigenvalue weighted by molar-refractivity contribution is 5.52. The molecule has 1 atom stereocenters. The van der Waals surface area contributed by atoms with Crippen LogP contribution < -0.4 is 0 Å². The largest absolute Gasteiger partial charge is 0.320 e. The Morgan fingerprint density at radius 1 is 1.60 bits per heavy atom. The maximum atomic E-state index is 10.2. The van der Waals surface area contributed by atoms with Crippen molar-refractivity contribution in [3.8, 4) is 0 Å². The molecule has 0 aromatic carbocycles. The first-order valence-electron chi connectivity index (χ1n) is 3.10. The normalized spacial score (nSPS) is 12.9. The molecule has 1 aromatic heterocycles. The molecule has 0 bridgehead atoms. The molecule has 1 aromatic rings. The van der Waals surface area contributed by atoms with Crippen LogP contribution in [0.15, 0.2) is 12.7 Å². The second-order valence-electron chi connectivity index (χ2n) is 2.27. The minimum absolute atomic E-state index is 0.0380. The lowest BCUT2D eigenvalue weighted by Gasteiger charge is -2.01. The van der Waals surface area contributed by atoms with E-state index in [1.54, 1.807) is 17.2 Å². The summed E-state index contributed by atoms with van der Waals surface area (Å²) in [5.74, 6) is 0.0380. The Balaban J connectivity index is 2.47. The molecule has 0 radical (unpaired) electrons. The Bertz CT molecular complexity index is 195. The number of carbonyl (C=O) groups excluding carboxylic acids is 1. The first-order chi connectivity index (χ1) is 4.83. The fraction of sp³-hybridized carbons (Fsp3) is 0.500. The van der Waals surface area contributed by atoms with Crippen molar-refractivity contribution in [1.29, 1.82) is 0 Å². The number of hydrogen-bond donors (Lipinski definition) is 0. The summed E-state index contributed by atoms with van der Waals surface area (Å²) >= 11 is 0. The fourth-order valence-corrected chi connectivity index (χ4v) is 0.692. The van der Waals surface area contributed by atoms with Crippen molar-refractivity contribution in [2.75, 3.05) is 0 Å². The van der Waals surface area contributed by atoms with Crippen molar-refractivity contribution < 1.29 is 4.79 Å². The predicted octanol–water partition coefficient (Wildman–Crippen LogP) is 0.113. The van der Waals surface area contributed by atoms with Gasteiger partial charge in [-0.2, -0.15) is 0 Å². The van der Waals surface area contributed by atoms with Gasteiger partial charge in [-0.3, -0.25) is 0 Å². The number of hydrogen-bond acceptors (Lipinski definition) is 3. The number of rotatable bonds is 3. The average molecular weight is 139 g/mol. The second kappa shape index (κ2) is 3.10. The zero-order valence-electron chi connectivity index (χ0n) is 5.77. The zero-order valence-corrected chi connectivity index (χ0v) is 5.77. The van der Waals surface area contributed by atoms with Crippen LogP contribution in [-0.4, -0.2) is 21.1 Å². The van der Waals surface area contributed by atoms with E-state index in [2.05, 4.69) is 10.2 Å². The number of aldehydes is 1. The van der Waals surface area contributed by atoms with E-state index in [9.17, 15) is 4.79 Å². The Morgan fingerprint density at radius 3 is 2.70 bits per heavy atom. The molecule has 0 amide bonds. The second-order valence-corrected chi connectivity index (χ2v) is 2.27. The van der Waals surface area contributed by atoms with Gasteiger partial charge in [0.2, 0.25) is 0 Å². The molecule has 0 fully saturated rings. The first-order valence-corrected chi connectivity index (χ1v) is 3.10. The summed E-state index contributed by atoms with van der Waals surface area (Å²) in [6.45, 7) is 2.52. The smallest absolute Gasteiger partial charge is 0.124 e. The van der Waals surface area contributed by atoms with Gasteiger partial charge in [-0.1, -0.05) is 6.92 Å². The summed E-state index contributed by atoms with van der Waals surface area (Å²) in [5, 5.41) is 7.21. The minimum Gasteiger partial charge on any atom is -0.320 e. The lowest BCUT2D eigenvalue weighted by atomic mass is 10.2. The van der Waals surface area contributed by atoms with E-state index in [1.807, 2.05) is 6.92 Å². The maximum absolute atomic E-state index is 10.2. The van der Waals surface area contributed by atoms with Crippen LogP contribution in [0.2, 0.25) is 0 Å². The highest BCUT2D eigenvalue weighted by atomic mass is 16.1. The van der Waals surface area contributed by atoms with E-state index in [0.717, 1.165) is 6.29 Å². The summed E-state index contributed by atoms with van der Waals surface area (Å²) in [7, 11) is 0. The van der Waals surface area contributed by atoms with Crippen molar-refractivity contribution >= 4 is 6.29 Å². The minimum atomic E-state index is 0.0380. The SMILES string of the molecule is CC(C=O)Cn1cnnc1. The van der Waals surface area contributed by atoms with E-state index < -0.39 is 0 Å². The molecule has 0 saturated carbocycles. The molecule has 1 rings (SSSR count). The zero-order chi connectivity index (χ0) is 7.40. The number of nitrogens with zero attached hydrogens (tertiary/aromatic N) is 3. The van der Waals surface area contributed by atoms with Gasteiger partial charge in [0, 0.05) is 12.5 Å². The molecule has 4 nitrogen and oxygen atoms in total. The molecule has 0 aliphatic heterocycles. The third kappa shape index (κ3) is 1.65. The van der Waals surface area contributed by atoms with Gasteiger partial charge in [-0.05, 0) is 0 Å². The van der Waals surface area contributed by atoms with Crippen LogP contribution in [0.25, 0.3) is 0 Å². The van der Waals surface area contributed by atoms with Crippen molar-refractivity contribution in [2.45, 2.75) is 13.5 Å². The Hall–Kier alpha value is -1.19. The third-order valence-electron chi connectivity index (χ3n) is 1.20. The van der Waals surface area contributed by atoms with Crippen molar-refractivity contribution in [1.82, 2.24) is 14.8 Å². The average Bonchev–Trinajstić information content (AvgIpc) is 2.40. The highest BCUT2D eigenvalue weighted by Gasteiger charge is 1.98. The summed E-state index contributed by atoms with van der Waals surface area (Å²) in [5.41, 5.74) is 0. The van der Waals surface area contributed by atoms with E-state index in [0.29, 0.717) is 6.54 Å². The maximum Gasteiger partial charge on any atom is 0.124 e. The van der Waals surface area contributed by atoms with Crippen LogP contribution in [0, 0.1) is 5.92 Å². The molecular formula is C6H9N3O. The Labute approximate surface area is 58.9 Å². The monoisotopic (exact) mass is 139 g/mol. The van der Waals surface area contributed by atoms with Crippen LogP contribution >= 0.6 is 0 Å². The van der Waals surface area contributed by atoms with Crippen LogP contribution in [-0.2, 0) is 11.3 Å². The van der Waals surface area contributed by atoms with Crippen molar-refractivity contribution in [3.05, 3.63) is 12.7 Å². The summed E-state index contributed by atoms with van der Waals surface area (Å²) < 4.78 is 1.78. The van der Waals surface area contributed by atoms with Crippen molar-refractivity contribution in [2.24, 2.45) is 5.92 Å². The molecule has 0 saturated heterocycles. The van der Waals surface area contributed by atoms with Crippen LogP contribution in [0.1, 0.15) is 6.92 Å². The lowest BCUT2D eigenvalue weighted by Crippen LogP contribution is -2.06. The molecule has 54 valence electrons. The molecule has 0 aliphatic rings. The van der Waals surface area contributed by atoms with Gasteiger partial charge in [0.1, 0.15) is 18.9 Å². The molecule has 10 heavy (non-hydrogen) atoms. The van der Waals surface area contributed by atoms with Gasteiger partial charge in [0.25, 0.3) is 0 Å². The third-order valence-corrected chi connectivity index (χ3v) is 1.20. The molecule has 1 unspecified atom stereocenters. The lowest BCUT2D eigenvalue weighted by molar-refractivity contribution is -0.110. The van der Waals surface area contributed by atoms with E-state index in [4.69, 9.17) is 0 Å². The molecule has 0 spiro atoms. The van der Waals surface area contributed by atoms with Crippen LogP contribution in [0.5, 0.6) is 0 Å². The molecular weight excluding hydrogens is 130 g/mol. The van der Waals surface area contributed by atoms with E-state index in [-0.39, 0.29) is 5.92 Å². The molecule has 4 heteroatoms. The molecule has 0 N–H and O–H groups in total. The fourth-order valence-electron chi connectivity index (χ4n) is 0.692. The summed E-state index contributed by atoms with van der Waals surface area (Å²) in [6.07, 6.45) is 4.11. The van der Waals surface area contributed by atoms with Gasteiger partial charge < -0.3 is 9.36 Å². The summed E-state index contributed by atoms with van der Waals surface area (Å²) in [4.78, 5) is 10.2. The van der Waals surface area contributed by atoms with Crippen LogP contribution in [0.4, 0.5) is 0 Å². The van der Waals surface area contributed by atoms with Gasteiger partial charge in [0.05, 0.1) is 0 Å². The van der Waals surface area contributed by atoms with Crippen molar-refractivity contribution in [3.63, 3.8) is 0 Å². The predicted molar refractivity (Wildman–Crippen MR) is 35.2 cm³/mol. The molecule has 0 aliphatic carbocycles. The van der Waals surface area contributed by atoms with Gasteiger partial charge in [-0.25, -0.2) is 0 Å². The molecule has 1 heterocycles. The Morgan fingerprint density at radius 2 is 2.20 bits per heavy atom. The van der Waals surface area contributed by atoms with Crippen LogP contribution in [0.3, 0.4) is 0 Å². The number of carbonyl (C=O) groups is 1. The van der Waals surface area contributed by atoms with Gasteiger partial charge in [-0.15, -0.1) is 10.2 Å². The standard InChI is InChI=1S/C6H9N3O/c1-6(3-10)2-9-4-7-8-5-9/h3-6H,2H2,1H3. The first kappa shape index (κ1) is 6.92. The Kier molecular flexibility index (Phi) is 2.15. The topological polar surface area (TPSA) is 47.8 Å². The van der Waals surface area contributed by atoms with E-state index >= 15 is 0 Å². The summed E-state index contributed by atoms with van der Waals surface area (Å²) in [6, 6.07) is 0. The van der Waals surface area contributed by atoms with E-state index in [1.165, 1.54) is 0 Å². The highest BCUT2D eigenvalue weighted by Crippen LogP contribution is 1.93. The number of aromatic nitrogens is 3.